The van der Waals surface area contributed by atoms with Crippen LogP contribution in [0.25, 0.3) is 22.3 Å². The Balaban J connectivity index is 1.08. The van der Waals surface area contributed by atoms with E-state index in [1.54, 1.807) is 0 Å². The van der Waals surface area contributed by atoms with Crippen molar-refractivity contribution in [3.05, 3.63) is 85.5 Å². The zero-order valence-corrected chi connectivity index (χ0v) is 23.0. The Bertz CT molecular complexity index is 1540. The van der Waals surface area contributed by atoms with Crippen molar-refractivity contribution in [2.75, 3.05) is 45.1 Å². The third-order valence-corrected chi connectivity index (χ3v) is 8.13. The molecule has 0 unspecified atom stereocenters. The van der Waals surface area contributed by atoms with Gasteiger partial charge in [-0.3, -0.25) is 5.01 Å². The van der Waals surface area contributed by atoms with E-state index in [1.165, 1.54) is 6.33 Å². The first kappa shape index (κ1) is 25.6. The van der Waals surface area contributed by atoms with Gasteiger partial charge in [0.2, 0.25) is 0 Å². The fourth-order valence-electron chi connectivity index (χ4n) is 5.82. The number of fused-ring (bicyclic) bond motifs is 1. The van der Waals surface area contributed by atoms with Crippen LogP contribution in [0.1, 0.15) is 18.9 Å². The molecule has 2 saturated heterocycles. The third-order valence-electron chi connectivity index (χ3n) is 8.13. The summed E-state index contributed by atoms with van der Waals surface area (Å²) in [7, 11) is 0. The molecular weight excluding hydrogens is 514 g/mol. The normalized spacial score (nSPS) is 18.5. The van der Waals surface area contributed by atoms with Gasteiger partial charge in [0.15, 0.2) is 5.65 Å². The summed E-state index contributed by atoms with van der Waals surface area (Å²) < 4.78 is 8.06. The van der Waals surface area contributed by atoms with Crippen LogP contribution in [0.2, 0.25) is 0 Å². The maximum absolute atomic E-state index is 6.40. The number of hydrogen-bond donors (Lipinski definition) is 2. The number of ether oxygens (including phenoxy) is 1. The van der Waals surface area contributed by atoms with Crippen LogP contribution in [-0.4, -0.2) is 74.1 Å². The minimum absolute atomic E-state index is 0.226. The van der Waals surface area contributed by atoms with Crippen molar-refractivity contribution in [1.29, 1.82) is 0 Å². The van der Waals surface area contributed by atoms with Crippen LogP contribution >= 0.6 is 0 Å². The molecule has 0 atom stereocenters. The van der Waals surface area contributed by atoms with Gasteiger partial charge in [-0.1, -0.05) is 18.2 Å². The molecule has 5 heterocycles. The van der Waals surface area contributed by atoms with Crippen molar-refractivity contribution < 1.29 is 4.74 Å². The predicted molar refractivity (Wildman–Crippen MR) is 160 cm³/mol. The van der Waals surface area contributed by atoms with E-state index in [9.17, 15) is 0 Å². The highest BCUT2D eigenvalue weighted by Crippen LogP contribution is 2.35. The summed E-state index contributed by atoms with van der Waals surface area (Å²) in [6.07, 6.45) is 12.1. The molecule has 0 spiro atoms. The minimum Gasteiger partial charge on any atom is -0.457 e. The molecule has 10 heteroatoms. The molecule has 210 valence electrons. The summed E-state index contributed by atoms with van der Waals surface area (Å²) in [6, 6.07) is 17.9. The zero-order valence-electron chi connectivity index (χ0n) is 23.0. The molecule has 0 saturated carbocycles. The van der Waals surface area contributed by atoms with Gasteiger partial charge >= 0.3 is 0 Å². The lowest BCUT2D eigenvalue weighted by atomic mass is 10.0. The first-order chi connectivity index (χ1) is 20.2. The number of anilines is 1. The highest BCUT2D eigenvalue weighted by Gasteiger charge is 2.29. The molecule has 41 heavy (non-hydrogen) atoms. The number of nitrogens with two attached hydrogens (primary N) is 1. The molecule has 0 radical (unpaired) electrons. The number of benzene rings is 2. The number of nitrogen functional groups attached to an aromatic ring is 1. The summed E-state index contributed by atoms with van der Waals surface area (Å²) in [5.74, 6) is 2.74. The van der Waals surface area contributed by atoms with Crippen LogP contribution in [0.15, 0.2) is 85.5 Å². The van der Waals surface area contributed by atoms with Crippen LogP contribution in [0.4, 0.5) is 5.82 Å². The van der Waals surface area contributed by atoms with Crippen molar-refractivity contribution in [3.63, 3.8) is 0 Å². The fourth-order valence-corrected chi connectivity index (χ4v) is 5.82. The molecular formula is C31H35N9O. The summed E-state index contributed by atoms with van der Waals surface area (Å²) in [6.45, 7) is 6.07. The van der Waals surface area contributed by atoms with Crippen molar-refractivity contribution in [1.82, 2.24) is 40.0 Å². The Labute approximate surface area is 239 Å². The van der Waals surface area contributed by atoms with Gasteiger partial charge in [-0.05, 0) is 61.4 Å². The largest absolute Gasteiger partial charge is 0.457 e. The van der Waals surface area contributed by atoms with Gasteiger partial charge in [0.05, 0.1) is 11.4 Å². The minimum atomic E-state index is 0.226. The molecule has 3 aliphatic rings. The second-order valence-electron chi connectivity index (χ2n) is 10.9. The first-order valence-electron chi connectivity index (χ1n) is 14.3. The van der Waals surface area contributed by atoms with Gasteiger partial charge in [0.25, 0.3) is 0 Å². The number of nitrogens with one attached hydrogen (secondary N) is 1. The van der Waals surface area contributed by atoms with Gasteiger partial charge in [-0.15, -0.1) is 0 Å². The zero-order chi connectivity index (χ0) is 27.6. The van der Waals surface area contributed by atoms with Crippen molar-refractivity contribution in [3.8, 4) is 22.8 Å². The second kappa shape index (κ2) is 11.2. The lowest BCUT2D eigenvalue weighted by Gasteiger charge is -2.42. The van der Waals surface area contributed by atoms with Crippen molar-refractivity contribution >= 4 is 16.9 Å². The van der Waals surface area contributed by atoms with E-state index in [-0.39, 0.29) is 6.04 Å². The number of piperidine rings is 1. The molecule has 4 aromatic rings. The molecule has 0 amide bonds. The first-order valence-corrected chi connectivity index (χ1v) is 14.3. The lowest BCUT2D eigenvalue weighted by molar-refractivity contribution is -0.0368. The Hall–Kier alpha value is -4.41. The summed E-state index contributed by atoms with van der Waals surface area (Å²) in [5.41, 5.74) is 8.94. The smallest absolute Gasteiger partial charge is 0.164 e. The van der Waals surface area contributed by atoms with Crippen LogP contribution < -0.4 is 15.8 Å². The van der Waals surface area contributed by atoms with E-state index >= 15 is 0 Å². The van der Waals surface area contributed by atoms with Crippen LogP contribution in [0.3, 0.4) is 0 Å². The van der Waals surface area contributed by atoms with E-state index in [1.807, 2.05) is 54.6 Å². The molecule has 2 aromatic heterocycles. The van der Waals surface area contributed by atoms with E-state index in [0.29, 0.717) is 5.82 Å². The molecule has 10 nitrogen and oxygen atoms in total. The van der Waals surface area contributed by atoms with Crippen LogP contribution in [-0.2, 0) is 0 Å². The van der Waals surface area contributed by atoms with Crippen LogP contribution in [0.5, 0.6) is 11.5 Å². The Morgan fingerprint density at radius 3 is 2.41 bits per heavy atom. The summed E-state index contributed by atoms with van der Waals surface area (Å²) >= 11 is 0. The second-order valence-corrected chi connectivity index (χ2v) is 10.9. The quantitative estimate of drug-likeness (QED) is 0.351. The summed E-state index contributed by atoms with van der Waals surface area (Å²) in [4.78, 5) is 11.4. The number of allylic oxidation sites excluding steroid dienone is 2. The molecule has 7 rings (SSSR count). The number of nitrogens with zero attached hydrogens (tertiary/aromatic N) is 7. The van der Waals surface area contributed by atoms with Crippen molar-refractivity contribution in [2.45, 2.75) is 18.9 Å². The maximum atomic E-state index is 6.40. The van der Waals surface area contributed by atoms with Crippen molar-refractivity contribution in [2.24, 2.45) is 5.92 Å². The van der Waals surface area contributed by atoms with Gasteiger partial charge in [0.1, 0.15) is 36.0 Å². The molecule has 3 N–H and O–H groups in total. The van der Waals surface area contributed by atoms with E-state index in [0.717, 1.165) is 91.9 Å². The Kier molecular flexibility index (Phi) is 7.00. The SMILES string of the molecule is Nc1ncnc2c1c(-c1ccc(Oc3ccccc3)cc1)nn2C1CCN(N2C=CC=CN(CC3CNC3)C2)CC1. The topological polar surface area (TPSA) is 101 Å². The fraction of sp³-hybridized carbons (Fsp3) is 0.323. The van der Waals surface area contributed by atoms with Gasteiger partial charge in [-0.2, -0.15) is 5.10 Å². The average Bonchev–Trinajstić information content (AvgIpc) is 3.22. The summed E-state index contributed by atoms with van der Waals surface area (Å²) in [5, 5.41) is 14.1. The van der Waals surface area contributed by atoms with E-state index in [2.05, 4.69) is 59.4 Å². The highest BCUT2D eigenvalue weighted by molar-refractivity contribution is 5.98. The van der Waals surface area contributed by atoms with Gasteiger partial charge in [-0.25, -0.2) is 19.7 Å². The van der Waals surface area contributed by atoms with Gasteiger partial charge < -0.3 is 20.7 Å². The third kappa shape index (κ3) is 5.36. The molecule has 3 aliphatic heterocycles. The number of hydrazine groups is 1. The number of rotatable bonds is 7. The van der Waals surface area contributed by atoms with E-state index < -0.39 is 0 Å². The maximum Gasteiger partial charge on any atom is 0.164 e. The monoisotopic (exact) mass is 549 g/mol. The molecule has 0 bridgehead atoms. The lowest BCUT2D eigenvalue weighted by Crippen LogP contribution is -2.51. The Morgan fingerprint density at radius 1 is 0.902 bits per heavy atom. The van der Waals surface area contributed by atoms with Crippen LogP contribution in [0, 0.1) is 5.92 Å². The Morgan fingerprint density at radius 2 is 1.66 bits per heavy atom. The number of hydrogen-bond acceptors (Lipinski definition) is 9. The molecule has 0 aliphatic carbocycles. The number of para-hydroxylation sites is 1. The molecule has 2 aromatic carbocycles. The van der Waals surface area contributed by atoms with E-state index in [4.69, 9.17) is 15.6 Å². The predicted octanol–water partition coefficient (Wildman–Crippen LogP) is 4.24. The van der Waals surface area contributed by atoms with Gasteiger partial charge in [0, 0.05) is 56.6 Å². The average molecular weight is 550 g/mol. The highest BCUT2D eigenvalue weighted by atomic mass is 16.5. The standard InChI is InChI=1S/C31H35N9O/c32-30-28-29(24-8-10-27(11-9-24)41-26-6-2-1-3-7-26)36-40(31(28)35-21-34-30)25-12-16-38(17-13-25)39-15-5-4-14-37(22-39)20-23-18-33-19-23/h1-11,14-15,21,23,25,33H,12-13,16-20,22H2,(H2,32,34,35). The molecule has 2 fully saturated rings. The number of aromatic nitrogens is 4.